The Morgan fingerprint density at radius 2 is 1.70 bits per heavy atom. The fourth-order valence-electron chi connectivity index (χ4n) is 5.31. The number of hydrogen-bond donors (Lipinski definition) is 1. The van der Waals surface area contributed by atoms with E-state index in [4.69, 9.17) is 9.47 Å². The number of ether oxygens (including phenoxy) is 2. The van der Waals surface area contributed by atoms with Crippen LogP contribution in [0.4, 0.5) is 13.2 Å². The Balaban J connectivity index is 1.42. The maximum atomic E-state index is 14.0. The van der Waals surface area contributed by atoms with Crippen LogP contribution in [0.3, 0.4) is 0 Å². The van der Waals surface area contributed by atoms with Crippen molar-refractivity contribution in [3.63, 3.8) is 0 Å². The van der Waals surface area contributed by atoms with Gasteiger partial charge < -0.3 is 23.9 Å². The molecule has 0 fully saturated rings. The van der Waals surface area contributed by atoms with Crippen molar-refractivity contribution in [3.8, 4) is 28.8 Å². The van der Waals surface area contributed by atoms with E-state index in [1.807, 2.05) is 51.0 Å². The third-order valence-electron chi connectivity index (χ3n) is 7.72. The summed E-state index contributed by atoms with van der Waals surface area (Å²) < 4.78 is 54.5. The lowest BCUT2D eigenvalue weighted by atomic mass is 10.0. The predicted octanol–water partition coefficient (Wildman–Crippen LogP) is 7.45. The molecule has 11 heteroatoms. The summed E-state index contributed by atoms with van der Waals surface area (Å²) in [6.07, 6.45) is -4.19. The Morgan fingerprint density at radius 3 is 2.36 bits per heavy atom. The lowest BCUT2D eigenvalue weighted by Crippen LogP contribution is -2.29. The highest BCUT2D eigenvalue weighted by Gasteiger charge is 2.36. The minimum Gasteiger partial charge on any atom is -0.461 e. The van der Waals surface area contributed by atoms with Crippen molar-refractivity contribution < 1.29 is 27.4 Å². The molecule has 0 amide bonds. The van der Waals surface area contributed by atoms with Gasteiger partial charge in [0, 0.05) is 17.4 Å². The van der Waals surface area contributed by atoms with E-state index >= 15 is 0 Å². The normalized spacial score (nSPS) is 11.6. The molecule has 2 heterocycles. The quantitative estimate of drug-likeness (QED) is 0.125. The number of nitrogens with zero attached hydrogens (tertiary/aromatic N) is 3. The number of aromatic nitrogens is 2. The van der Waals surface area contributed by atoms with Crippen LogP contribution in [0.2, 0.25) is 0 Å². The Labute approximate surface area is 269 Å². The first kappa shape index (κ1) is 33.0. The number of aromatic amines is 1. The average molecular weight is 643 g/mol. The number of fused-ring (bicyclic) bond motifs is 1. The Morgan fingerprint density at radius 1 is 0.979 bits per heavy atom. The van der Waals surface area contributed by atoms with E-state index in [0.717, 1.165) is 46.6 Å². The summed E-state index contributed by atoms with van der Waals surface area (Å²) >= 11 is 0. The fourth-order valence-corrected chi connectivity index (χ4v) is 5.31. The number of carbonyl (C=O) groups excluding carboxylic acids is 1. The second kappa shape index (κ2) is 13.6. The predicted molar refractivity (Wildman–Crippen MR) is 173 cm³/mol. The van der Waals surface area contributed by atoms with Gasteiger partial charge >= 0.3 is 12.1 Å². The van der Waals surface area contributed by atoms with Gasteiger partial charge in [0.2, 0.25) is 0 Å². The smallest absolute Gasteiger partial charge is 0.417 e. The number of nitriles is 1. The van der Waals surface area contributed by atoms with Gasteiger partial charge in [0.15, 0.2) is 0 Å². The van der Waals surface area contributed by atoms with Crippen LogP contribution in [0.5, 0.6) is 11.5 Å². The number of alkyl halides is 3. The van der Waals surface area contributed by atoms with Gasteiger partial charge in [-0.05, 0) is 106 Å². The molecule has 0 bridgehead atoms. The van der Waals surface area contributed by atoms with Crippen molar-refractivity contribution in [1.82, 2.24) is 14.5 Å². The highest BCUT2D eigenvalue weighted by atomic mass is 19.4. The van der Waals surface area contributed by atoms with Crippen LogP contribution in [0, 0.1) is 25.2 Å². The standard InChI is InChI=1S/C36H33F3N4O4/c1-22-6-7-25(23(2)16-22)21-43-33(19-30(36(37,38)39)29(20-40)34(43)44)24-8-10-27(11-9-24)47-28-12-13-31-26(17-28)18-32(41-31)35(45)46-15-5-14-42(3)4/h6-13,16-19,41H,5,14-15,21H2,1-4H3. The number of rotatable bonds is 10. The van der Waals surface area contributed by atoms with E-state index in [1.54, 1.807) is 48.5 Å². The van der Waals surface area contributed by atoms with E-state index in [2.05, 4.69) is 4.98 Å². The highest BCUT2D eigenvalue weighted by Crippen LogP contribution is 2.35. The van der Waals surface area contributed by atoms with Gasteiger partial charge in [0.1, 0.15) is 28.8 Å². The number of carbonyl (C=O) groups is 1. The van der Waals surface area contributed by atoms with E-state index in [9.17, 15) is 28.0 Å². The van der Waals surface area contributed by atoms with E-state index in [1.165, 1.54) is 10.6 Å². The van der Waals surface area contributed by atoms with Crippen molar-refractivity contribution in [3.05, 3.63) is 117 Å². The Hall–Kier alpha value is -5.34. The maximum Gasteiger partial charge on any atom is 0.417 e. The van der Waals surface area contributed by atoms with E-state index in [-0.39, 0.29) is 12.2 Å². The first-order valence-corrected chi connectivity index (χ1v) is 14.9. The zero-order valence-corrected chi connectivity index (χ0v) is 26.4. The lowest BCUT2D eigenvalue weighted by Gasteiger charge is -2.19. The molecule has 0 saturated heterocycles. The summed E-state index contributed by atoms with van der Waals surface area (Å²) in [6, 6.07) is 21.1. The highest BCUT2D eigenvalue weighted by molar-refractivity contribution is 5.95. The maximum absolute atomic E-state index is 14.0. The molecule has 0 radical (unpaired) electrons. The second-order valence-corrected chi connectivity index (χ2v) is 11.6. The molecule has 2 aromatic heterocycles. The fraction of sp³-hybridized carbons (Fsp3) is 0.250. The minimum absolute atomic E-state index is 0.0164. The van der Waals surface area contributed by atoms with Gasteiger partial charge in [0.25, 0.3) is 5.56 Å². The molecule has 47 heavy (non-hydrogen) atoms. The van der Waals surface area contributed by atoms with E-state index < -0.39 is 28.8 Å². The van der Waals surface area contributed by atoms with Crippen molar-refractivity contribution in [2.24, 2.45) is 0 Å². The topological polar surface area (TPSA) is 100 Å². The van der Waals surface area contributed by atoms with Crippen LogP contribution >= 0.6 is 0 Å². The SMILES string of the molecule is Cc1ccc(Cn2c(-c3ccc(Oc4ccc5[nH]c(C(=O)OCCCN(C)C)cc5c4)cc3)cc(C(F)(F)F)c(C#N)c2=O)c(C)c1. The van der Waals surface area contributed by atoms with Crippen molar-refractivity contribution in [2.75, 3.05) is 27.2 Å². The zero-order valence-electron chi connectivity index (χ0n) is 26.4. The summed E-state index contributed by atoms with van der Waals surface area (Å²) in [6.45, 7) is 4.87. The zero-order chi connectivity index (χ0) is 33.9. The van der Waals surface area contributed by atoms with Gasteiger partial charge in [-0.3, -0.25) is 4.79 Å². The van der Waals surface area contributed by atoms with Crippen LogP contribution < -0.4 is 10.3 Å². The van der Waals surface area contributed by atoms with Gasteiger partial charge in [-0.15, -0.1) is 0 Å². The van der Waals surface area contributed by atoms with Gasteiger partial charge in [0.05, 0.1) is 24.4 Å². The second-order valence-electron chi connectivity index (χ2n) is 11.6. The number of aryl methyl sites for hydroxylation is 2. The van der Waals surface area contributed by atoms with Crippen LogP contribution in [-0.4, -0.2) is 47.7 Å². The molecule has 242 valence electrons. The van der Waals surface area contributed by atoms with Crippen LogP contribution in [0.1, 0.15) is 44.7 Å². The number of halogens is 3. The molecule has 0 spiro atoms. The number of benzene rings is 3. The van der Waals surface area contributed by atoms with E-state index in [0.29, 0.717) is 29.4 Å². The van der Waals surface area contributed by atoms with Gasteiger partial charge in [-0.2, -0.15) is 18.4 Å². The number of pyridine rings is 1. The van der Waals surface area contributed by atoms with Crippen molar-refractivity contribution in [2.45, 2.75) is 33.0 Å². The Bertz CT molecular complexity index is 2040. The first-order valence-electron chi connectivity index (χ1n) is 14.9. The third kappa shape index (κ3) is 7.56. The molecule has 0 aliphatic heterocycles. The molecule has 0 aliphatic rings. The molecular formula is C36H33F3N4O4. The van der Waals surface area contributed by atoms with Crippen molar-refractivity contribution >= 4 is 16.9 Å². The molecule has 3 aromatic carbocycles. The summed E-state index contributed by atoms with van der Waals surface area (Å²) in [4.78, 5) is 30.9. The summed E-state index contributed by atoms with van der Waals surface area (Å²) in [5.74, 6) is 0.419. The molecule has 0 unspecified atom stereocenters. The van der Waals surface area contributed by atoms with Crippen LogP contribution in [0.15, 0.2) is 77.6 Å². The largest absolute Gasteiger partial charge is 0.461 e. The molecule has 5 aromatic rings. The molecule has 5 rings (SSSR count). The van der Waals surface area contributed by atoms with Gasteiger partial charge in [-0.1, -0.05) is 23.8 Å². The molecule has 8 nitrogen and oxygen atoms in total. The van der Waals surface area contributed by atoms with Gasteiger partial charge in [-0.25, -0.2) is 4.79 Å². The third-order valence-corrected chi connectivity index (χ3v) is 7.72. The lowest BCUT2D eigenvalue weighted by molar-refractivity contribution is -0.137. The molecule has 1 N–H and O–H groups in total. The molecular weight excluding hydrogens is 609 g/mol. The molecule has 0 aliphatic carbocycles. The summed E-state index contributed by atoms with van der Waals surface area (Å²) in [5.41, 5.74) is 0.748. The minimum atomic E-state index is -4.90. The number of nitrogens with one attached hydrogen (secondary N) is 1. The van der Waals surface area contributed by atoms with Crippen molar-refractivity contribution in [1.29, 1.82) is 5.26 Å². The number of H-pyrrole nitrogens is 1. The molecule has 0 atom stereocenters. The molecule has 0 saturated carbocycles. The van der Waals surface area contributed by atoms with Crippen LogP contribution in [-0.2, 0) is 17.5 Å². The first-order chi connectivity index (χ1) is 22.3. The summed E-state index contributed by atoms with van der Waals surface area (Å²) in [5, 5.41) is 10.3. The number of esters is 1. The van der Waals surface area contributed by atoms with Crippen LogP contribution in [0.25, 0.3) is 22.2 Å². The number of hydrogen-bond acceptors (Lipinski definition) is 6. The average Bonchev–Trinajstić information content (AvgIpc) is 3.45. The Kier molecular flexibility index (Phi) is 9.54. The summed E-state index contributed by atoms with van der Waals surface area (Å²) in [7, 11) is 3.89. The monoisotopic (exact) mass is 642 g/mol.